The molecule has 2 aliphatic rings. The average molecular weight is 271 g/mol. The molecule has 2 aliphatic heterocycles. The van der Waals surface area contributed by atoms with Gasteiger partial charge in [0.1, 0.15) is 5.52 Å². The number of piperidine rings is 1. The molecule has 2 atom stereocenters. The van der Waals surface area contributed by atoms with Gasteiger partial charge in [-0.1, -0.05) is 0 Å². The molecule has 0 aliphatic carbocycles. The summed E-state index contributed by atoms with van der Waals surface area (Å²) in [6.45, 7) is 3.42. The molecular weight excluding hydrogens is 250 g/mol. The van der Waals surface area contributed by atoms with Crippen molar-refractivity contribution in [3.05, 3.63) is 24.7 Å². The van der Waals surface area contributed by atoms with Gasteiger partial charge in [-0.15, -0.1) is 0 Å². The highest BCUT2D eigenvalue weighted by Gasteiger charge is 2.30. The fourth-order valence-corrected chi connectivity index (χ4v) is 3.73. The van der Waals surface area contributed by atoms with Gasteiger partial charge >= 0.3 is 0 Å². The first-order valence-electron chi connectivity index (χ1n) is 7.68. The average Bonchev–Trinajstić information content (AvgIpc) is 3.18. The summed E-state index contributed by atoms with van der Waals surface area (Å²) in [5.41, 5.74) is 1.12. The SMILES string of the molecule is c1cn2nccc2c(N2CCCC(C3CCCN3)C2)n1. The van der Waals surface area contributed by atoms with Gasteiger partial charge in [-0.05, 0) is 44.2 Å². The van der Waals surface area contributed by atoms with E-state index in [1.807, 2.05) is 23.1 Å². The van der Waals surface area contributed by atoms with Crippen molar-refractivity contribution in [2.45, 2.75) is 31.7 Å². The lowest BCUT2D eigenvalue weighted by Gasteiger charge is -2.36. The van der Waals surface area contributed by atoms with Crippen LogP contribution in [0.4, 0.5) is 5.82 Å². The summed E-state index contributed by atoms with van der Waals surface area (Å²) in [7, 11) is 0. The number of hydrogen-bond donors (Lipinski definition) is 1. The molecule has 4 heterocycles. The van der Waals surface area contributed by atoms with Crippen LogP contribution in [0.5, 0.6) is 0 Å². The van der Waals surface area contributed by atoms with Crippen LogP contribution >= 0.6 is 0 Å². The molecule has 106 valence electrons. The Kier molecular flexibility index (Phi) is 3.07. The second kappa shape index (κ2) is 5.05. The normalized spacial score (nSPS) is 27.3. The minimum Gasteiger partial charge on any atom is -0.354 e. The molecule has 2 aromatic rings. The van der Waals surface area contributed by atoms with E-state index in [2.05, 4.69) is 26.4 Å². The van der Waals surface area contributed by atoms with Crippen LogP contribution < -0.4 is 10.2 Å². The van der Waals surface area contributed by atoms with Gasteiger partial charge in [0.2, 0.25) is 0 Å². The highest BCUT2D eigenvalue weighted by atomic mass is 15.3. The molecule has 2 aromatic heterocycles. The van der Waals surface area contributed by atoms with E-state index in [0.717, 1.165) is 30.3 Å². The van der Waals surface area contributed by atoms with Crippen LogP contribution in [0.3, 0.4) is 0 Å². The van der Waals surface area contributed by atoms with Crippen molar-refractivity contribution in [1.82, 2.24) is 19.9 Å². The van der Waals surface area contributed by atoms with Gasteiger partial charge in [0.25, 0.3) is 0 Å². The van der Waals surface area contributed by atoms with Gasteiger partial charge < -0.3 is 10.2 Å². The van der Waals surface area contributed by atoms with E-state index in [4.69, 9.17) is 0 Å². The van der Waals surface area contributed by atoms with Crippen molar-refractivity contribution in [2.75, 3.05) is 24.5 Å². The largest absolute Gasteiger partial charge is 0.354 e. The predicted octanol–water partition coefficient (Wildman–Crippen LogP) is 1.70. The van der Waals surface area contributed by atoms with Gasteiger partial charge in [-0.2, -0.15) is 5.10 Å². The zero-order valence-corrected chi connectivity index (χ0v) is 11.7. The van der Waals surface area contributed by atoms with Gasteiger partial charge in [-0.3, -0.25) is 0 Å². The lowest BCUT2D eigenvalue weighted by molar-refractivity contribution is 0.328. The first-order chi connectivity index (χ1) is 9.92. The molecule has 4 rings (SSSR count). The maximum absolute atomic E-state index is 4.61. The topological polar surface area (TPSA) is 45.5 Å². The molecule has 2 fully saturated rings. The summed E-state index contributed by atoms with van der Waals surface area (Å²) in [4.78, 5) is 7.06. The van der Waals surface area contributed by atoms with E-state index in [1.165, 1.54) is 32.2 Å². The third-order valence-corrected chi connectivity index (χ3v) is 4.73. The highest BCUT2D eigenvalue weighted by Crippen LogP contribution is 2.28. The van der Waals surface area contributed by atoms with Crippen molar-refractivity contribution in [1.29, 1.82) is 0 Å². The molecule has 5 nitrogen and oxygen atoms in total. The molecule has 2 unspecified atom stereocenters. The van der Waals surface area contributed by atoms with Crippen LogP contribution in [0.25, 0.3) is 5.52 Å². The molecule has 0 aromatic carbocycles. The number of aromatic nitrogens is 3. The molecule has 0 bridgehead atoms. The summed E-state index contributed by atoms with van der Waals surface area (Å²) < 4.78 is 1.92. The Hall–Kier alpha value is -1.62. The van der Waals surface area contributed by atoms with Gasteiger partial charge in [0, 0.05) is 31.5 Å². The van der Waals surface area contributed by atoms with Crippen molar-refractivity contribution in [3.8, 4) is 0 Å². The molecule has 0 radical (unpaired) electrons. The lowest BCUT2D eigenvalue weighted by atomic mass is 9.90. The quantitative estimate of drug-likeness (QED) is 0.903. The van der Waals surface area contributed by atoms with Crippen LogP contribution in [0.15, 0.2) is 24.7 Å². The third kappa shape index (κ3) is 2.06. The Morgan fingerprint density at radius 3 is 3.10 bits per heavy atom. The van der Waals surface area contributed by atoms with Crippen LogP contribution in [0.2, 0.25) is 0 Å². The fourth-order valence-electron chi connectivity index (χ4n) is 3.73. The first-order valence-corrected chi connectivity index (χ1v) is 7.68. The molecule has 0 spiro atoms. The Bertz CT molecular complexity index is 587. The van der Waals surface area contributed by atoms with E-state index in [1.54, 1.807) is 0 Å². The van der Waals surface area contributed by atoms with Crippen LogP contribution in [-0.2, 0) is 0 Å². The van der Waals surface area contributed by atoms with E-state index in [-0.39, 0.29) is 0 Å². The van der Waals surface area contributed by atoms with E-state index in [9.17, 15) is 0 Å². The fraction of sp³-hybridized carbons (Fsp3) is 0.600. The summed E-state index contributed by atoms with van der Waals surface area (Å²) in [6.07, 6.45) is 10.9. The van der Waals surface area contributed by atoms with Crippen LogP contribution in [0.1, 0.15) is 25.7 Å². The minimum absolute atomic E-state index is 0.711. The third-order valence-electron chi connectivity index (χ3n) is 4.73. The number of fused-ring (bicyclic) bond motifs is 1. The number of anilines is 1. The lowest BCUT2D eigenvalue weighted by Crippen LogP contribution is -2.44. The predicted molar refractivity (Wildman–Crippen MR) is 78.9 cm³/mol. The maximum Gasteiger partial charge on any atom is 0.154 e. The van der Waals surface area contributed by atoms with Gasteiger partial charge in [0.15, 0.2) is 5.82 Å². The monoisotopic (exact) mass is 271 g/mol. The Morgan fingerprint density at radius 1 is 1.20 bits per heavy atom. The molecule has 2 saturated heterocycles. The van der Waals surface area contributed by atoms with Crippen molar-refractivity contribution in [2.24, 2.45) is 5.92 Å². The molecule has 0 saturated carbocycles. The second-order valence-electron chi connectivity index (χ2n) is 5.96. The summed E-state index contributed by atoms with van der Waals surface area (Å²) in [6, 6.07) is 2.77. The van der Waals surface area contributed by atoms with E-state index < -0.39 is 0 Å². The molecule has 1 N–H and O–H groups in total. The molecule has 20 heavy (non-hydrogen) atoms. The highest BCUT2D eigenvalue weighted by molar-refractivity contribution is 5.68. The maximum atomic E-state index is 4.61. The first kappa shape index (κ1) is 12.1. The molecule has 0 amide bonds. The zero-order chi connectivity index (χ0) is 13.4. The Morgan fingerprint density at radius 2 is 2.20 bits per heavy atom. The van der Waals surface area contributed by atoms with E-state index in [0.29, 0.717) is 6.04 Å². The number of rotatable bonds is 2. The van der Waals surface area contributed by atoms with Gasteiger partial charge in [0.05, 0.1) is 6.20 Å². The zero-order valence-electron chi connectivity index (χ0n) is 11.7. The van der Waals surface area contributed by atoms with Crippen LogP contribution in [-0.4, -0.2) is 40.3 Å². The van der Waals surface area contributed by atoms with E-state index >= 15 is 0 Å². The Labute approximate surface area is 119 Å². The molecular formula is C15H21N5. The van der Waals surface area contributed by atoms with Crippen LogP contribution in [0, 0.1) is 5.92 Å². The van der Waals surface area contributed by atoms with Crippen molar-refractivity contribution in [3.63, 3.8) is 0 Å². The second-order valence-corrected chi connectivity index (χ2v) is 5.96. The smallest absolute Gasteiger partial charge is 0.154 e. The van der Waals surface area contributed by atoms with Crippen molar-refractivity contribution >= 4 is 11.3 Å². The minimum atomic E-state index is 0.711. The number of nitrogens with one attached hydrogen (secondary N) is 1. The molecule has 5 heteroatoms. The number of nitrogens with zero attached hydrogens (tertiary/aromatic N) is 4. The number of hydrogen-bond acceptors (Lipinski definition) is 4. The Balaban J connectivity index is 1.59. The summed E-state index contributed by atoms with van der Waals surface area (Å²) in [5, 5.41) is 7.97. The van der Waals surface area contributed by atoms with Gasteiger partial charge in [-0.25, -0.2) is 9.50 Å². The summed E-state index contributed by atoms with van der Waals surface area (Å²) >= 11 is 0. The van der Waals surface area contributed by atoms with Crippen molar-refractivity contribution < 1.29 is 0 Å². The standard InChI is InChI=1S/C15H21N5/c1-4-13(16-6-1)12-3-2-9-19(11-12)15-14-5-7-18-20(14)10-8-17-15/h5,7-8,10,12-13,16H,1-4,6,9,11H2. The summed E-state index contributed by atoms with van der Waals surface area (Å²) in [5.74, 6) is 1.85.